The topological polar surface area (TPSA) is 21.3 Å². The summed E-state index contributed by atoms with van der Waals surface area (Å²) in [6.07, 6.45) is 0. The lowest BCUT2D eigenvalue weighted by molar-refractivity contribution is 0.330. The maximum atomic E-state index is 5.77. The minimum Gasteiger partial charge on any atom is -0.491 e. The average Bonchev–Trinajstić information content (AvgIpc) is 2.37. The van der Waals surface area contributed by atoms with Gasteiger partial charge in [0.1, 0.15) is 12.4 Å². The Morgan fingerprint density at radius 1 is 1.11 bits per heavy atom. The largest absolute Gasteiger partial charge is 0.491 e. The van der Waals surface area contributed by atoms with E-state index in [0.717, 1.165) is 22.5 Å². The van der Waals surface area contributed by atoms with Gasteiger partial charge in [-0.05, 0) is 43.7 Å². The van der Waals surface area contributed by atoms with Gasteiger partial charge < -0.3 is 10.1 Å². The number of anilines is 1. The lowest BCUT2D eigenvalue weighted by Crippen LogP contribution is -2.11. The van der Waals surface area contributed by atoms with Gasteiger partial charge in [-0.2, -0.15) is 0 Å². The van der Waals surface area contributed by atoms with Crippen LogP contribution in [0, 0.1) is 13.8 Å². The molecule has 1 N–H and O–H groups in total. The molecule has 2 aromatic carbocycles. The number of rotatable bonds is 5. The molecule has 0 aliphatic rings. The number of hydrogen-bond acceptors (Lipinski definition) is 2. The first-order valence-electron chi connectivity index (χ1n) is 6.34. The average molecular weight is 320 g/mol. The van der Waals surface area contributed by atoms with Crippen LogP contribution in [-0.2, 0) is 0 Å². The molecule has 2 rings (SSSR count). The Kier molecular flexibility index (Phi) is 4.86. The Morgan fingerprint density at radius 3 is 2.68 bits per heavy atom. The third-order valence-corrected chi connectivity index (χ3v) is 3.34. The zero-order valence-electron chi connectivity index (χ0n) is 11.2. The van der Waals surface area contributed by atoms with Crippen molar-refractivity contribution in [2.24, 2.45) is 0 Å². The minimum absolute atomic E-state index is 0.649. The molecule has 3 heteroatoms. The maximum Gasteiger partial charge on any atom is 0.122 e. The SMILES string of the molecule is Cc1ccc(OCCNc2cccc(Br)c2)c(C)c1. The van der Waals surface area contributed by atoms with Crippen LogP contribution in [0.25, 0.3) is 0 Å². The van der Waals surface area contributed by atoms with E-state index in [0.29, 0.717) is 6.61 Å². The first-order chi connectivity index (χ1) is 9.15. The summed E-state index contributed by atoms with van der Waals surface area (Å²) in [7, 11) is 0. The Labute approximate surface area is 122 Å². The number of nitrogens with one attached hydrogen (secondary N) is 1. The van der Waals surface area contributed by atoms with Crippen molar-refractivity contribution in [2.45, 2.75) is 13.8 Å². The van der Waals surface area contributed by atoms with Crippen molar-refractivity contribution >= 4 is 21.6 Å². The highest BCUT2D eigenvalue weighted by molar-refractivity contribution is 9.10. The lowest BCUT2D eigenvalue weighted by Gasteiger charge is -2.11. The van der Waals surface area contributed by atoms with E-state index in [-0.39, 0.29) is 0 Å². The van der Waals surface area contributed by atoms with Crippen molar-refractivity contribution in [1.29, 1.82) is 0 Å². The molecule has 0 atom stereocenters. The standard InChI is InChI=1S/C16H18BrNO/c1-12-6-7-16(13(2)10-12)19-9-8-18-15-5-3-4-14(17)11-15/h3-7,10-11,18H,8-9H2,1-2H3. The highest BCUT2D eigenvalue weighted by Crippen LogP contribution is 2.19. The molecule has 0 aliphatic heterocycles. The van der Waals surface area contributed by atoms with Gasteiger partial charge in [0.2, 0.25) is 0 Å². The molecule has 0 aromatic heterocycles. The molecule has 19 heavy (non-hydrogen) atoms. The Balaban J connectivity index is 1.81. The van der Waals surface area contributed by atoms with Gasteiger partial charge in [0.25, 0.3) is 0 Å². The van der Waals surface area contributed by atoms with Gasteiger partial charge in [0.15, 0.2) is 0 Å². The summed E-state index contributed by atoms with van der Waals surface area (Å²) in [6, 6.07) is 14.4. The molecule has 2 aromatic rings. The Bertz CT molecular complexity index is 554. The van der Waals surface area contributed by atoms with Crippen molar-refractivity contribution < 1.29 is 4.74 Å². The Hall–Kier alpha value is -1.48. The van der Waals surface area contributed by atoms with E-state index >= 15 is 0 Å². The van der Waals surface area contributed by atoms with Crippen molar-refractivity contribution in [1.82, 2.24) is 0 Å². The van der Waals surface area contributed by atoms with Gasteiger partial charge in [-0.15, -0.1) is 0 Å². The predicted molar refractivity (Wildman–Crippen MR) is 84.0 cm³/mol. The fourth-order valence-electron chi connectivity index (χ4n) is 1.92. The number of halogens is 1. The fourth-order valence-corrected chi connectivity index (χ4v) is 2.32. The summed E-state index contributed by atoms with van der Waals surface area (Å²) in [5, 5.41) is 3.33. The summed E-state index contributed by atoms with van der Waals surface area (Å²) >= 11 is 3.45. The first kappa shape index (κ1) is 13.9. The molecule has 0 fully saturated rings. The van der Waals surface area contributed by atoms with Crippen LogP contribution in [0.15, 0.2) is 46.9 Å². The second-order valence-electron chi connectivity index (χ2n) is 4.55. The van der Waals surface area contributed by atoms with Crippen LogP contribution in [0.1, 0.15) is 11.1 Å². The van der Waals surface area contributed by atoms with Gasteiger partial charge in [0, 0.05) is 16.7 Å². The smallest absolute Gasteiger partial charge is 0.122 e. The normalized spacial score (nSPS) is 10.3. The number of hydrogen-bond donors (Lipinski definition) is 1. The molecule has 100 valence electrons. The van der Waals surface area contributed by atoms with E-state index in [1.807, 2.05) is 24.3 Å². The van der Waals surface area contributed by atoms with E-state index < -0.39 is 0 Å². The second kappa shape index (κ2) is 6.62. The first-order valence-corrected chi connectivity index (χ1v) is 7.14. The van der Waals surface area contributed by atoms with E-state index in [4.69, 9.17) is 4.74 Å². The van der Waals surface area contributed by atoms with Crippen LogP contribution in [0.3, 0.4) is 0 Å². The zero-order chi connectivity index (χ0) is 13.7. The summed E-state index contributed by atoms with van der Waals surface area (Å²) in [4.78, 5) is 0. The van der Waals surface area contributed by atoms with Gasteiger partial charge >= 0.3 is 0 Å². The zero-order valence-corrected chi connectivity index (χ0v) is 12.8. The van der Waals surface area contributed by atoms with Crippen molar-refractivity contribution in [3.05, 3.63) is 58.1 Å². The molecular weight excluding hydrogens is 302 g/mol. The third-order valence-electron chi connectivity index (χ3n) is 2.84. The van der Waals surface area contributed by atoms with Crippen molar-refractivity contribution in [3.63, 3.8) is 0 Å². The van der Waals surface area contributed by atoms with Gasteiger partial charge in [-0.3, -0.25) is 0 Å². The highest BCUT2D eigenvalue weighted by Gasteiger charge is 1.99. The maximum absolute atomic E-state index is 5.77. The molecule has 0 unspecified atom stereocenters. The monoisotopic (exact) mass is 319 g/mol. The van der Waals surface area contributed by atoms with E-state index in [1.54, 1.807) is 0 Å². The van der Waals surface area contributed by atoms with Crippen LogP contribution in [0.4, 0.5) is 5.69 Å². The summed E-state index contributed by atoms with van der Waals surface area (Å²) < 4.78 is 6.85. The van der Waals surface area contributed by atoms with Crippen LogP contribution in [0.5, 0.6) is 5.75 Å². The molecule has 0 heterocycles. The minimum atomic E-state index is 0.649. The molecular formula is C16H18BrNO. The molecule has 0 saturated carbocycles. The summed E-state index contributed by atoms with van der Waals surface area (Å²) in [5.41, 5.74) is 3.54. The third kappa shape index (κ3) is 4.28. The molecule has 0 spiro atoms. The van der Waals surface area contributed by atoms with Crippen LogP contribution >= 0.6 is 15.9 Å². The van der Waals surface area contributed by atoms with Crippen LogP contribution < -0.4 is 10.1 Å². The summed E-state index contributed by atoms with van der Waals surface area (Å²) in [6.45, 7) is 5.59. The molecule has 0 saturated heterocycles. The second-order valence-corrected chi connectivity index (χ2v) is 5.47. The van der Waals surface area contributed by atoms with Crippen LogP contribution in [-0.4, -0.2) is 13.2 Å². The number of ether oxygens (including phenoxy) is 1. The molecule has 0 amide bonds. The van der Waals surface area contributed by atoms with Gasteiger partial charge in [-0.1, -0.05) is 39.7 Å². The van der Waals surface area contributed by atoms with Crippen molar-refractivity contribution in [2.75, 3.05) is 18.5 Å². The highest BCUT2D eigenvalue weighted by atomic mass is 79.9. The van der Waals surface area contributed by atoms with Gasteiger partial charge in [0.05, 0.1) is 0 Å². The van der Waals surface area contributed by atoms with Crippen LogP contribution in [0.2, 0.25) is 0 Å². The van der Waals surface area contributed by atoms with Gasteiger partial charge in [-0.25, -0.2) is 0 Å². The quantitative estimate of drug-likeness (QED) is 0.816. The van der Waals surface area contributed by atoms with E-state index in [2.05, 4.69) is 53.3 Å². The lowest BCUT2D eigenvalue weighted by atomic mass is 10.1. The Morgan fingerprint density at radius 2 is 1.95 bits per heavy atom. The predicted octanol–water partition coefficient (Wildman–Crippen LogP) is 4.56. The fraction of sp³-hybridized carbons (Fsp3) is 0.250. The number of aryl methyl sites for hydroxylation is 2. The van der Waals surface area contributed by atoms with E-state index in [1.165, 1.54) is 11.1 Å². The summed E-state index contributed by atoms with van der Waals surface area (Å²) in [5.74, 6) is 0.960. The molecule has 0 aliphatic carbocycles. The van der Waals surface area contributed by atoms with Crippen molar-refractivity contribution in [3.8, 4) is 5.75 Å². The number of benzene rings is 2. The van der Waals surface area contributed by atoms with E-state index in [9.17, 15) is 0 Å². The molecule has 0 bridgehead atoms. The molecule has 0 radical (unpaired) electrons. The molecule has 2 nitrogen and oxygen atoms in total.